The Balaban J connectivity index is 2.87. The molecule has 0 amide bonds. The molecule has 0 aliphatic heterocycles. The Hall–Kier alpha value is -1.38. The van der Waals surface area contributed by atoms with Crippen LogP contribution in [0.3, 0.4) is 0 Å². The molecule has 3 nitrogen and oxygen atoms in total. The molecular weight excluding hydrogens is 202 g/mol. The second-order valence-electron chi connectivity index (χ2n) is 4.24. The van der Waals surface area contributed by atoms with E-state index < -0.39 is 0 Å². The highest BCUT2D eigenvalue weighted by atomic mass is 16.5. The summed E-state index contributed by atoms with van der Waals surface area (Å²) in [5.74, 6) is 2.19. The second kappa shape index (κ2) is 5.64. The van der Waals surface area contributed by atoms with Crippen molar-refractivity contribution in [3.05, 3.63) is 18.2 Å². The molecule has 1 N–H and O–H groups in total. The van der Waals surface area contributed by atoms with Crippen LogP contribution in [0.2, 0.25) is 0 Å². The number of methoxy groups -OCH3 is 2. The van der Waals surface area contributed by atoms with Gasteiger partial charge in [-0.2, -0.15) is 0 Å². The van der Waals surface area contributed by atoms with E-state index in [0.717, 1.165) is 17.2 Å². The van der Waals surface area contributed by atoms with Crippen LogP contribution >= 0.6 is 0 Å². The van der Waals surface area contributed by atoms with Crippen molar-refractivity contribution >= 4 is 5.69 Å². The molecule has 0 fully saturated rings. The van der Waals surface area contributed by atoms with Gasteiger partial charge in [-0.15, -0.1) is 0 Å². The molecule has 1 aromatic rings. The molecular formula is C13H21NO2. The Morgan fingerprint density at radius 1 is 1.06 bits per heavy atom. The Labute approximate surface area is 97.8 Å². The smallest absolute Gasteiger partial charge is 0.145 e. The van der Waals surface area contributed by atoms with E-state index in [4.69, 9.17) is 9.47 Å². The maximum absolute atomic E-state index is 5.33. The molecule has 1 atom stereocenters. The first-order chi connectivity index (χ1) is 7.58. The highest BCUT2D eigenvalue weighted by molar-refractivity contribution is 5.59. The molecule has 90 valence electrons. The first-order valence-electron chi connectivity index (χ1n) is 5.57. The van der Waals surface area contributed by atoms with E-state index in [9.17, 15) is 0 Å². The molecule has 0 bridgehead atoms. The van der Waals surface area contributed by atoms with Gasteiger partial charge in [0.05, 0.1) is 19.9 Å². The summed E-state index contributed by atoms with van der Waals surface area (Å²) in [6, 6.07) is 6.20. The van der Waals surface area contributed by atoms with Crippen LogP contribution in [-0.2, 0) is 0 Å². The normalized spacial score (nSPS) is 12.4. The fourth-order valence-electron chi connectivity index (χ4n) is 1.33. The van der Waals surface area contributed by atoms with Gasteiger partial charge in [0.1, 0.15) is 11.5 Å². The van der Waals surface area contributed by atoms with E-state index in [1.807, 2.05) is 18.2 Å². The summed E-state index contributed by atoms with van der Waals surface area (Å²) in [6.07, 6.45) is 0. The first-order valence-corrected chi connectivity index (χ1v) is 5.57. The van der Waals surface area contributed by atoms with Gasteiger partial charge in [0.15, 0.2) is 0 Å². The van der Waals surface area contributed by atoms with Crippen molar-refractivity contribution in [3.63, 3.8) is 0 Å². The fraction of sp³-hybridized carbons (Fsp3) is 0.538. The van der Waals surface area contributed by atoms with Crippen molar-refractivity contribution in [3.8, 4) is 11.5 Å². The van der Waals surface area contributed by atoms with E-state index in [-0.39, 0.29) is 0 Å². The number of rotatable bonds is 5. The Morgan fingerprint density at radius 2 is 1.75 bits per heavy atom. The van der Waals surface area contributed by atoms with Crippen LogP contribution < -0.4 is 14.8 Å². The van der Waals surface area contributed by atoms with Crippen molar-refractivity contribution < 1.29 is 9.47 Å². The van der Waals surface area contributed by atoms with Gasteiger partial charge in [0.2, 0.25) is 0 Å². The zero-order valence-corrected chi connectivity index (χ0v) is 10.7. The number of ether oxygens (including phenoxy) is 2. The topological polar surface area (TPSA) is 30.5 Å². The molecule has 3 heteroatoms. The summed E-state index contributed by atoms with van der Waals surface area (Å²) in [5, 5.41) is 3.43. The lowest BCUT2D eigenvalue weighted by molar-refractivity contribution is 0.394. The minimum Gasteiger partial charge on any atom is -0.497 e. The highest BCUT2D eigenvalue weighted by Gasteiger charge is 2.10. The molecule has 0 aliphatic rings. The summed E-state index contributed by atoms with van der Waals surface area (Å²) in [6.45, 7) is 6.54. The van der Waals surface area contributed by atoms with E-state index in [1.54, 1.807) is 14.2 Å². The van der Waals surface area contributed by atoms with Crippen LogP contribution in [0, 0.1) is 5.92 Å². The van der Waals surface area contributed by atoms with Gasteiger partial charge in [-0.3, -0.25) is 0 Å². The Bertz CT molecular complexity index is 337. The van der Waals surface area contributed by atoms with Crippen molar-refractivity contribution in [2.45, 2.75) is 26.8 Å². The van der Waals surface area contributed by atoms with Crippen LogP contribution in [0.4, 0.5) is 5.69 Å². The monoisotopic (exact) mass is 223 g/mol. The average Bonchev–Trinajstić information content (AvgIpc) is 2.29. The van der Waals surface area contributed by atoms with E-state index >= 15 is 0 Å². The third-order valence-corrected chi connectivity index (χ3v) is 2.79. The predicted octanol–water partition coefficient (Wildman–Crippen LogP) is 3.16. The zero-order chi connectivity index (χ0) is 12.1. The highest BCUT2D eigenvalue weighted by Crippen LogP contribution is 2.30. The minimum absolute atomic E-state index is 0.405. The van der Waals surface area contributed by atoms with Crippen molar-refractivity contribution in [2.24, 2.45) is 5.92 Å². The quantitative estimate of drug-likeness (QED) is 0.831. The molecule has 0 aliphatic carbocycles. The summed E-state index contributed by atoms with van der Waals surface area (Å²) >= 11 is 0. The SMILES string of the molecule is COc1ccc(NC(C)C(C)C)c(OC)c1. The van der Waals surface area contributed by atoms with Gasteiger partial charge in [0, 0.05) is 12.1 Å². The van der Waals surface area contributed by atoms with E-state index in [1.165, 1.54) is 0 Å². The Kier molecular flexibility index (Phi) is 4.47. The van der Waals surface area contributed by atoms with Gasteiger partial charge in [-0.05, 0) is 25.0 Å². The predicted molar refractivity (Wildman–Crippen MR) is 67.5 cm³/mol. The Morgan fingerprint density at radius 3 is 2.25 bits per heavy atom. The summed E-state index contributed by atoms with van der Waals surface area (Å²) in [4.78, 5) is 0. The van der Waals surface area contributed by atoms with E-state index in [2.05, 4.69) is 26.1 Å². The lowest BCUT2D eigenvalue weighted by Gasteiger charge is -2.20. The maximum Gasteiger partial charge on any atom is 0.145 e. The van der Waals surface area contributed by atoms with Gasteiger partial charge in [-0.25, -0.2) is 0 Å². The molecule has 0 spiro atoms. The van der Waals surface area contributed by atoms with E-state index in [0.29, 0.717) is 12.0 Å². The first kappa shape index (κ1) is 12.7. The van der Waals surface area contributed by atoms with Gasteiger partial charge in [-0.1, -0.05) is 13.8 Å². The molecule has 1 rings (SSSR count). The van der Waals surface area contributed by atoms with Gasteiger partial charge >= 0.3 is 0 Å². The molecule has 0 heterocycles. The molecule has 1 aromatic carbocycles. The van der Waals surface area contributed by atoms with Crippen LogP contribution in [0.15, 0.2) is 18.2 Å². The standard InChI is InChI=1S/C13H21NO2/c1-9(2)10(3)14-12-7-6-11(15-4)8-13(12)16-5/h6-10,14H,1-5H3. The van der Waals surface area contributed by atoms with Crippen molar-refractivity contribution in [1.29, 1.82) is 0 Å². The maximum atomic E-state index is 5.33. The van der Waals surface area contributed by atoms with Crippen LogP contribution in [0.5, 0.6) is 11.5 Å². The molecule has 1 unspecified atom stereocenters. The number of nitrogens with one attached hydrogen (secondary N) is 1. The van der Waals surface area contributed by atoms with Crippen LogP contribution in [-0.4, -0.2) is 20.3 Å². The zero-order valence-electron chi connectivity index (χ0n) is 10.7. The summed E-state index contributed by atoms with van der Waals surface area (Å²) < 4.78 is 10.5. The molecule has 0 saturated heterocycles. The largest absolute Gasteiger partial charge is 0.497 e. The third kappa shape index (κ3) is 3.05. The minimum atomic E-state index is 0.405. The lowest BCUT2D eigenvalue weighted by atomic mass is 10.1. The van der Waals surface area contributed by atoms with Crippen LogP contribution in [0.25, 0.3) is 0 Å². The third-order valence-electron chi connectivity index (χ3n) is 2.79. The number of hydrogen-bond donors (Lipinski definition) is 1. The lowest BCUT2D eigenvalue weighted by Crippen LogP contribution is -2.21. The molecule has 0 radical (unpaired) electrons. The summed E-state index contributed by atoms with van der Waals surface area (Å²) in [5.41, 5.74) is 1.00. The number of hydrogen-bond acceptors (Lipinski definition) is 3. The van der Waals surface area contributed by atoms with Gasteiger partial charge < -0.3 is 14.8 Å². The average molecular weight is 223 g/mol. The summed E-state index contributed by atoms with van der Waals surface area (Å²) in [7, 11) is 3.32. The molecule has 16 heavy (non-hydrogen) atoms. The van der Waals surface area contributed by atoms with Crippen molar-refractivity contribution in [1.82, 2.24) is 0 Å². The molecule has 0 saturated carbocycles. The fourth-order valence-corrected chi connectivity index (χ4v) is 1.33. The van der Waals surface area contributed by atoms with Crippen molar-refractivity contribution in [2.75, 3.05) is 19.5 Å². The number of anilines is 1. The van der Waals surface area contributed by atoms with Crippen LogP contribution in [0.1, 0.15) is 20.8 Å². The van der Waals surface area contributed by atoms with Gasteiger partial charge in [0.25, 0.3) is 0 Å². The molecule has 0 aromatic heterocycles. The number of benzene rings is 1. The second-order valence-corrected chi connectivity index (χ2v) is 4.24.